The second-order valence-electron chi connectivity index (χ2n) is 5.44. The zero-order chi connectivity index (χ0) is 13.7. The molecule has 3 N–H and O–H groups in total. The number of rotatable bonds is 4. The van der Waals surface area contributed by atoms with Crippen LogP contribution in [0, 0.1) is 0 Å². The average molecular weight is 271 g/mol. The van der Waals surface area contributed by atoms with E-state index in [1.165, 1.54) is 0 Å². The molecule has 2 rings (SSSR count). The Bertz CT molecular complexity index is 311. The molecule has 110 valence electrons. The Kier molecular flexibility index (Phi) is 5.01. The Morgan fingerprint density at radius 1 is 1.42 bits per heavy atom. The van der Waals surface area contributed by atoms with E-state index in [0.717, 1.165) is 52.0 Å². The highest BCUT2D eigenvalue weighted by Crippen LogP contribution is 2.35. The highest BCUT2D eigenvalue weighted by Gasteiger charge is 2.40. The van der Waals surface area contributed by atoms with Crippen LogP contribution in [0.25, 0.3) is 0 Å². The highest BCUT2D eigenvalue weighted by molar-refractivity contribution is 5.81. The molecule has 0 radical (unpaired) electrons. The van der Waals surface area contributed by atoms with Gasteiger partial charge in [0, 0.05) is 25.9 Å². The first-order chi connectivity index (χ1) is 9.19. The Morgan fingerprint density at radius 2 is 2.16 bits per heavy atom. The zero-order valence-electron chi connectivity index (χ0n) is 11.7. The van der Waals surface area contributed by atoms with Gasteiger partial charge in [-0.25, -0.2) is 0 Å². The van der Waals surface area contributed by atoms with Gasteiger partial charge in [-0.3, -0.25) is 4.90 Å². The molecule has 0 aromatic heterocycles. The number of hydrogen-bond donors (Lipinski definition) is 2. The summed E-state index contributed by atoms with van der Waals surface area (Å²) >= 11 is 0. The van der Waals surface area contributed by atoms with Gasteiger partial charge < -0.3 is 20.4 Å². The number of amidine groups is 1. The number of likely N-dealkylation sites (N-methyl/N-ethyl adjacent to an activating group) is 1. The first kappa shape index (κ1) is 14.6. The molecule has 2 fully saturated rings. The van der Waals surface area contributed by atoms with Crippen LogP contribution in [-0.2, 0) is 9.47 Å². The topological polar surface area (TPSA) is 80.3 Å². The summed E-state index contributed by atoms with van der Waals surface area (Å²) in [6, 6.07) is 0.442. The molecular formula is C13H25N3O3. The molecule has 0 amide bonds. The number of nitrogens with two attached hydrogens (primary N) is 1. The van der Waals surface area contributed by atoms with Crippen molar-refractivity contribution in [1.29, 1.82) is 0 Å². The zero-order valence-corrected chi connectivity index (χ0v) is 11.7. The Morgan fingerprint density at radius 3 is 2.79 bits per heavy atom. The molecule has 2 aliphatic heterocycles. The van der Waals surface area contributed by atoms with Crippen LogP contribution in [0.2, 0.25) is 0 Å². The Labute approximate surface area is 114 Å². The molecule has 1 spiro atoms. The highest BCUT2D eigenvalue weighted by atomic mass is 16.5. The summed E-state index contributed by atoms with van der Waals surface area (Å²) in [7, 11) is 0. The predicted molar refractivity (Wildman–Crippen MR) is 72.4 cm³/mol. The molecule has 19 heavy (non-hydrogen) atoms. The van der Waals surface area contributed by atoms with Crippen LogP contribution in [0.15, 0.2) is 5.16 Å². The fourth-order valence-corrected chi connectivity index (χ4v) is 3.14. The van der Waals surface area contributed by atoms with Gasteiger partial charge >= 0.3 is 0 Å². The lowest BCUT2D eigenvalue weighted by Crippen LogP contribution is -2.52. The van der Waals surface area contributed by atoms with Crippen LogP contribution < -0.4 is 5.73 Å². The molecular weight excluding hydrogens is 246 g/mol. The molecule has 0 aromatic carbocycles. The standard InChI is InChI=1S/C13H25N3O3/c1-2-16(10-12(14)15-17)11-3-6-19-13(9-11)4-7-18-8-5-13/h11,17H,2-10H2,1H3,(H2,14,15). The summed E-state index contributed by atoms with van der Waals surface area (Å²) in [4.78, 5) is 2.27. The van der Waals surface area contributed by atoms with Crippen molar-refractivity contribution in [2.24, 2.45) is 10.9 Å². The molecule has 0 aliphatic carbocycles. The number of ether oxygens (including phenoxy) is 2. The van der Waals surface area contributed by atoms with Crippen LogP contribution in [-0.4, -0.2) is 60.5 Å². The van der Waals surface area contributed by atoms with Gasteiger partial charge in [0.05, 0.1) is 12.1 Å². The summed E-state index contributed by atoms with van der Waals surface area (Å²) < 4.78 is 11.5. The van der Waals surface area contributed by atoms with Crippen molar-refractivity contribution in [1.82, 2.24) is 4.90 Å². The summed E-state index contributed by atoms with van der Waals surface area (Å²) in [5, 5.41) is 11.8. The Hall–Kier alpha value is -0.850. The Balaban J connectivity index is 1.98. The maximum absolute atomic E-state index is 8.71. The summed E-state index contributed by atoms with van der Waals surface area (Å²) in [5.41, 5.74) is 5.62. The van der Waals surface area contributed by atoms with Gasteiger partial charge in [-0.05, 0) is 32.2 Å². The second-order valence-corrected chi connectivity index (χ2v) is 5.44. The molecule has 2 aliphatic rings. The van der Waals surface area contributed by atoms with Crippen molar-refractivity contribution in [3.63, 3.8) is 0 Å². The van der Waals surface area contributed by atoms with Crippen molar-refractivity contribution < 1.29 is 14.7 Å². The first-order valence-corrected chi connectivity index (χ1v) is 7.11. The molecule has 6 heteroatoms. The number of oxime groups is 1. The van der Waals surface area contributed by atoms with Crippen molar-refractivity contribution in [3.05, 3.63) is 0 Å². The normalized spacial score (nSPS) is 27.9. The number of nitrogens with zero attached hydrogens (tertiary/aromatic N) is 2. The average Bonchev–Trinajstić information content (AvgIpc) is 2.45. The smallest absolute Gasteiger partial charge is 0.153 e. The predicted octanol–water partition coefficient (Wildman–Crippen LogP) is 0.783. The summed E-state index contributed by atoms with van der Waals surface area (Å²) in [6.07, 6.45) is 3.98. The van der Waals surface area contributed by atoms with Gasteiger partial charge in [-0.1, -0.05) is 12.1 Å². The SMILES string of the molecule is CCN(CC(N)=NO)C1CCOC2(CCOCC2)C1. The molecule has 2 heterocycles. The fourth-order valence-electron chi connectivity index (χ4n) is 3.14. The molecule has 0 aromatic rings. The maximum Gasteiger partial charge on any atom is 0.153 e. The van der Waals surface area contributed by atoms with E-state index in [9.17, 15) is 0 Å². The second kappa shape index (κ2) is 6.54. The largest absolute Gasteiger partial charge is 0.409 e. The van der Waals surface area contributed by atoms with Gasteiger partial charge in [0.15, 0.2) is 5.84 Å². The van der Waals surface area contributed by atoms with Gasteiger partial charge in [-0.2, -0.15) is 0 Å². The maximum atomic E-state index is 8.71. The summed E-state index contributed by atoms with van der Waals surface area (Å²) in [5.74, 6) is 0.273. The van der Waals surface area contributed by atoms with Crippen LogP contribution in [0.3, 0.4) is 0 Å². The first-order valence-electron chi connectivity index (χ1n) is 7.11. The quantitative estimate of drug-likeness (QED) is 0.342. The lowest BCUT2D eigenvalue weighted by atomic mass is 9.83. The van der Waals surface area contributed by atoms with E-state index in [2.05, 4.69) is 17.0 Å². The third-order valence-corrected chi connectivity index (χ3v) is 4.29. The van der Waals surface area contributed by atoms with Gasteiger partial charge in [0.1, 0.15) is 0 Å². The molecule has 0 bridgehead atoms. The third kappa shape index (κ3) is 3.58. The lowest BCUT2D eigenvalue weighted by Gasteiger charge is -2.46. The molecule has 2 saturated heterocycles. The van der Waals surface area contributed by atoms with Crippen LogP contribution in [0.5, 0.6) is 0 Å². The van der Waals surface area contributed by atoms with Crippen molar-refractivity contribution >= 4 is 5.84 Å². The minimum absolute atomic E-state index is 0.0142. The van der Waals surface area contributed by atoms with Gasteiger partial charge in [0.2, 0.25) is 0 Å². The monoisotopic (exact) mass is 271 g/mol. The van der Waals surface area contributed by atoms with E-state index in [4.69, 9.17) is 20.4 Å². The lowest BCUT2D eigenvalue weighted by molar-refractivity contribution is -0.150. The van der Waals surface area contributed by atoms with E-state index in [1.54, 1.807) is 0 Å². The molecule has 1 atom stereocenters. The van der Waals surface area contributed by atoms with E-state index in [-0.39, 0.29) is 11.4 Å². The van der Waals surface area contributed by atoms with Crippen molar-refractivity contribution in [3.8, 4) is 0 Å². The fraction of sp³-hybridized carbons (Fsp3) is 0.923. The summed E-state index contributed by atoms with van der Waals surface area (Å²) in [6.45, 7) is 5.89. The van der Waals surface area contributed by atoms with Crippen LogP contribution in [0.1, 0.15) is 32.6 Å². The van der Waals surface area contributed by atoms with E-state index >= 15 is 0 Å². The van der Waals surface area contributed by atoms with Gasteiger partial charge in [-0.15, -0.1) is 0 Å². The van der Waals surface area contributed by atoms with E-state index in [1.807, 2.05) is 0 Å². The minimum Gasteiger partial charge on any atom is -0.409 e. The molecule has 0 saturated carbocycles. The van der Waals surface area contributed by atoms with Crippen molar-refractivity contribution in [2.75, 3.05) is 32.9 Å². The van der Waals surface area contributed by atoms with Crippen LogP contribution >= 0.6 is 0 Å². The van der Waals surface area contributed by atoms with E-state index < -0.39 is 0 Å². The third-order valence-electron chi connectivity index (χ3n) is 4.29. The molecule has 1 unspecified atom stereocenters. The van der Waals surface area contributed by atoms with E-state index in [0.29, 0.717) is 12.6 Å². The minimum atomic E-state index is -0.0142. The number of hydrogen-bond acceptors (Lipinski definition) is 5. The molecule has 6 nitrogen and oxygen atoms in total. The van der Waals surface area contributed by atoms with Crippen LogP contribution in [0.4, 0.5) is 0 Å². The van der Waals surface area contributed by atoms with Crippen molar-refractivity contribution in [2.45, 2.75) is 44.2 Å². The van der Waals surface area contributed by atoms with Gasteiger partial charge in [0.25, 0.3) is 0 Å².